The van der Waals surface area contributed by atoms with E-state index in [9.17, 15) is 14.4 Å². The van der Waals surface area contributed by atoms with Crippen LogP contribution < -0.4 is 0 Å². The minimum atomic E-state index is 0. The molecule has 3 heterocycles. The van der Waals surface area contributed by atoms with E-state index in [1.807, 2.05) is 182 Å². The SMILES string of the molecule is O=Cc1cccc(-c2ccc(-c3[c-]cccc3)nc2)c1.O=Cc1cccc(-c2ccc(-c3[c-]cccc3)nc2)c1.O=Cc1cccc(-c2ccc(-c3[c-]cccc3)nc2)c1.[Ir+3]. The van der Waals surface area contributed by atoms with Crippen LogP contribution in [0.15, 0.2) is 201 Å². The van der Waals surface area contributed by atoms with Crippen LogP contribution in [0.3, 0.4) is 0 Å². The number of aromatic nitrogens is 3. The molecule has 0 aliphatic heterocycles. The van der Waals surface area contributed by atoms with Crippen molar-refractivity contribution in [3.8, 4) is 67.2 Å². The van der Waals surface area contributed by atoms with Crippen LogP contribution in [-0.4, -0.2) is 33.8 Å². The second-order valence-corrected chi connectivity index (χ2v) is 13.4. The first-order chi connectivity index (χ1) is 29.6. The Morgan fingerprint density at radius 1 is 0.328 bits per heavy atom. The normalized spacial score (nSPS) is 10.0. The first-order valence-corrected chi connectivity index (χ1v) is 19.1. The third kappa shape index (κ3) is 11.8. The number of carbonyl (C=O) groups is 3. The van der Waals surface area contributed by atoms with Crippen LogP contribution >= 0.6 is 0 Å². The van der Waals surface area contributed by atoms with Gasteiger partial charge in [0, 0.05) is 35.3 Å². The molecule has 3 aromatic heterocycles. The van der Waals surface area contributed by atoms with E-state index >= 15 is 0 Å². The van der Waals surface area contributed by atoms with Gasteiger partial charge in [0.1, 0.15) is 18.9 Å². The van der Waals surface area contributed by atoms with Crippen molar-refractivity contribution in [1.29, 1.82) is 0 Å². The van der Waals surface area contributed by atoms with Gasteiger partial charge >= 0.3 is 20.1 Å². The van der Waals surface area contributed by atoms with Crippen LogP contribution in [-0.2, 0) is 20.1 Å². The summed E-state index contributed by atoms with van der Waals surface area (Å²) in [5, 5.41) is 0. The molecule has 0 saturated heterocycles. The van der Waals surface area contributed by atoms with Crippen molar-refractivity contribution in [2.75, 3.05) is 0 Å². The molecule has 7 heteroatoms. The van der Waals surface area contributed by atoms with Gasteiger partial charge in [0.15, 0.2) is 0 Å². The van der Waals surface area contributed by atoms with Crippen LogP contribution in [0, 0.1) is 18.2 Å². The number of nitrogens with zero attached hydrogens (tertiary/aromatic N) is 3. The summed E-state index contributed by atoms with van der Waals surface area (Å²) in [6, 6.07) is 67.1. The fourth-order valence-electron chi connectivity index (χ4n) is 6.20. The number of carbonyl (C=O) groups excluding carboxylic acids is 3. The Balaban J connectivity index is 0.000000152. The summed E-state index contributed by atoms with van der Waals surface area (Å²) in [5.41, 5.74) is 13.6. The Hall–Kier alpha value is -7.57. The maximum Gasteiger partial charge on any atom is 3.00 e. The number of aldehydes is 3. The van der Waals surface area contributed by atoms with E-state index in [0.717, 1.165) is 86.0 Å². The zero-order chi connectivity index (χ0) is 41.4. The van der Waals surface area contributed by atoms with Gasteiger partial charge in [-0.15, -0.1) is 108 Å². The molecule has 0 atom stereocenters. The summed E-state index contributed by atoms with van der Waals surface area (Å²) in [4.78, 5) is 45.8. The molecule has 6 aromatic carbocycles. The van der Waals surface area contributed by atoms with Crippen molar-refractivity contribution in [2.45, 2.75) is 0 Å². The molecule has 9 aromatic rings. The monoisotopic (exact) mass is 967 g/mol. The summed E-state index contributed by atoms with van der Waals surface area (Å²) >= 11 is 0. The summed E-state index contributed by atoms with van der Waals surface area (Å²) in [7, 11) is 0. The zero-order valence-electron chi connectivity index (χ0n) is 32.7. The zero-order valence-corrected chi connectivity index (χ0v) is 35.1. The van der Waals surface area contributed by atoms with Crippen molar-refractivity contribution in [1.82, 2.24) is 15.0 Å². The number of pyridine rings is 3. The number of benzene rings is 6. The molecule has 0 saturated carbocycles. The molecular weight excluding hydrogens is 931 g/mol. The van der Waals surface area contributed by atoms with E-state index in [4.69, 9.17) is 0 Å². The molecule has 9 rings (SSSR count). The molecule has 0 radical (unpaired) electrons. The third-order valence-electron chi connectivity index (χ3n) is 9.31. The van der Waals surface area contributed by atoms with E-state index in [1.54, 1.807) is 18.2 Å². The molecule has 6 nitrogen and oxygen atoms in total. The molecule has 0 spiro atoms. The van der Waals surface area contributed by atoms with E-state index in [0.29, 0.717) is 16.7 Å². The smallest absolute Gasteiger partial charge is 0.304 e. The molecule has 0 unspecified atom stereocenters. The van der Waals surface area contributed by atoms with Crippen molar-refractivity contribution in [3.63, 3.8) is 0 Å². The van der Waals surface area contributed by atoms with Crippen LogP contribution in [0.1, 0.15) is 31.1 Å². The van der Waals surface area contributed by atoms with Gasteiger partial charge in [0.25, 0.3) is 0 Å². The third-order valence-corrected chi connectivity index (χ3v) is 9.31. The van der Waals surface area contributed by atoms with Crippen molar-refractivity contribution < 1.29 is 34.5 Å². The molecule has 0 aliphatic rings. The predicted octanol–water partition coefficient (Wildman–Crippen LogP) is 12.1. The Labute approximate surface area is 369 Å². The summed E-state index contributed by atoms with van der Waals surface area (Å²) < 4.78 is 0. The molecule has 0 N–H and O–H groups in total. The number of hydrogen-bond donors (Lipinski definition) is 0. The van der Waals surface area contributed by atoms with Crippen LogP contribution in [0.2, 0.25) is 0 Å². The number of rotatable bonds is 9. The van der Waals surface area contributed by atoms with Crippen LogP contribution in [0.4, 0.5) is 0 Å². The molecular formula is C54H36IrN3O3. The standard InChI is InChI=1S/3C18H12NO.Ir/c3*20-13-14-5-4-8-16(11-14)17-9-10-18(19-12-17)15-6-2-1-3-7-15;/h3*1-6,8-13H;/q3*-1;+3. The van der Waals surface area contributed by atoms with Gasteiger partial charge in [-0.3, -0.25) is 14.4 Å². The summed E-state index contributed by atoms with van der Waals surface area (Å²) in [5.74, 6) is 0. The number of hydrogen-bond acceptors (Lipinski definition) is 6. The fourth-order valence-corrected chi connectivity index (χ4v) is 6.20. The molecule has 61 heavy (non-hydrogen) atoms. The van der Waals surface area contributed by atoms with E-state index in [-0.39, 0.29) is 20.1 Å². The molecule has 0 amide bonds. The summed E-state index contributed by atoms with van der Waals surface area (Å²) in [6.45, 7) is 0. The van der Waals surface area contributed by atoms with Gasteiger partial charge < -0.3 is 15.0 Å². The minimum absolute atomic E-state index is 0. The molecule has 0 bridgehead atoms. The van der Waals surface area contributed by atoms with Gasteiger partial charge in [-0.2, -0.15) is 0 Å². The predicted molar refractivity (Wildman–Crippen MR) is 238 cm³/mol. The maximum absolute atomic E-state index is 10.8. The quantitative estimate of drug-likeness (QED) is 0.106. The van der Waals surface area contributed by atoms with Gasteiger partial charge in [-0.05, 0) is 68.7 Å². The average molecular weight is 967 g/mol. The molecule has 0 fully saturated rings. The van der Waals surface area contributed by atoms with E-state index in [2.05, 4.69) is 33.2 Å². The van der Waals surface area contributed by atoms with Crippen LogP contribution in [0.25, 0.3) is 67.2 Å². The molecule has 0 aliphatic carbocycles. The van der Waals surface area contributed by atoms with Gasteiger partial charge in [-0.1, -0.05) is 91.0 Å². The fraction of sp³-hybridized carbons (Fsp3) is 0. The van der Waals surface area contributed by atoms with Crippen molar-refractivity contribution in [2.24, 2.45) is 0 Å². The topological polar surface area (TPSA) is 89.9 Å². The van der Waals surface area contributed by atoms with Crippen LogP contribution in [0.5, 0.6) is 0 Å². The Kier molecular flexibility index (Phi) is 15.5. The van der Waals surface area contributed by atoms with Crippen molar-refractivity contribution >= 4 is 18.9 Å². The Morgan fingerprint density at radius 2 is 0.639 bits per heavy atom. The van der Waals surface area contributed by atoms with Gasteiger partial charge in [-0.25, -0.2) is 0 Å². The first kappa shape index (κ1) is 43.0. The minimum Gasteiger partial charge on any atom is -0.304 e. The maximum atomic E-state index is 10.8. The van der Waals surface area contributed by atoms with Gasteiger partial charge in [0.2, 0.25) is 0 Å². The van der Waals surface area contributed by atoms with E-state index in [1.165, 1.54) is 0 Å². The first-order valence-electron chi connectivity index (χ1n) is 19.1. The second-order valence-electron chi connectivity index (χ2n) is 13.4. The molecule has 294 valence electrons. The van der Waals surface area contributed by atoms with Gasteiger partial charge in [0.05, 0.1) is 0 Å². The van der Waals surface area contributed by atoms with E-state index < -0.39 is 0 Å². The van der Waals surface area contributed by atoms with Crippen molar-refractivity contribution in [3.05, 3.63) is 235 Å². The Bertz CT molecular complexity index is 2470. The Morgan fingerprint density at radius 3 is 0.869 bits per heavy atom. The average Bonchev–Trinajstić information content (AvgIpc) is 3.35. The summed E-state index contributed by atoms with van der Waals surface area (Å²) in [6.07, 6.45) is 8.01. The second kappa shape index (κ2) is 22.0. The largest absolute Gasteiger partial charge is 3.00 e.